The summed E-state index contributed by atoms with van der Waals surface area (Å²) in [5.74, 6) is 0. The summed E-state index contributed by atoms with van der Waals surface area (Å²) < 4.78 is 14.2. The van der Waals surface area contributed by atoms with Crippen LogP contribution in [0.5, 0.6) is 0 Å². The molecule has 0 bridgehead atoms. The number of amides is 1. The standard InChI is InChI=1S/C13H10N2OSe.CH3NO2/c16-17(10-4-2-1-3-5-10)11-6-7-12-13(8-11)15-9-14-12;2-1(3)4/h1-9H,(H,14,15);2H2,(H,3,4). The molecule has 1 unspecified atom stereocenters. The molecule has 0 saturated heterocycles. The number of H-pyrrole nitrogens is 1. The minimum atomic E-state index is -2.16. The number of aromatic nitrogens is 2. The van der Waals surface area contributed by atoms with E-state index in [1.54, 1.807) is 6.33 Å². The van der Waals surface area contributed by atoms with Crippen molar-refractivity contribution in [2.45, 2.75) is 0 Å². The Hall–Kier alpha value is -2.50. The molecule has 1 atom stereocenters. The van der Waals surface area contributed by atoms with Crippen molar-refractivity contribution in [1.82, 2.24) is 9.97 Å². The average molecular weight is 350 g/mol. The van der Waals surface area contributed by atoms with Gasteiger partial charge in [-0.3, -0.25) is 0 Å². The molecule has 7 heteroatoms. The van der Waals surface area contributed by atoms with Crippen LogP contribution in [-0.2, 0) is 3.83 Å². The summed E-state index contributed by atoms with van der Waals surface area (Å²) in [5.41, 5.74) is 5.86. The zero-order chi connectivity index (χ0) is 15.2. The zero-order valence-electron chi connectivity index (χ0n) is 10.9. The van der Waals surface area contributed by atoms with Crippen LogP contribution in [0.15, 0.2) is 54.9 Å². The molecule has 3 aromatic rings. The zero-order valence-corrected chi connectivity index (χ0v) is 12.6. The van der Waals surface area contributed by atoms with E-state index in [4.69, 9.17) is 9.90 Å². The van der Waals surface area contributed by atoms with E-state index in [0.29, 0.717) is 0 Å². The summed E-state index contributed by atoms with van der Waals surface area (Å²) in [6.07, 6.45) is 0.316. The first-order chi connectivity index (χ1) is 10.1. The van der Waals surface area contributed by atoms with E-state index in [1.165, 1.54) is 0 Å². The molecule has 0 radical (unpaired) electrons. The Morgan fingerprint density at radius 1 is 1.14 bits per heavy atom. The van der Waals surface area contributed by atoms with Gasteiger partial charge in [0.15, 0.2) is 0 Å². The fraction of sp³-hybridized carbons (Fsp3) is 0. The second-order valence-electron chi connectivity index (χ2n) is 4.00. The maximum atomic E-state index is 12.4. The molecule has 0 spiro atoms. The molecular weight excluding hydrogens is 337 g/mol. The Labute approximate surface area is 124 Å². The third-order valence-electron chi connectivity index (χ3n) is 2.56. The number of nitrogens with two attached hydrogens (primary N) is 1. The molecule has 21 heavy (non-hydrogen) atoms. The van der Waals surface area contributed by atoms with Crippen molar-refractivity contribution in [2.24, 2.45) is 5.73 Å². The molecule has 1 aromatic heterocycles. The van der Waals surface area contributed by atoms with Crippen LogP contribution in [0, 0.1) is 0 Å². The average Bonchev–Trinajstić information content (AvgIpc) is 2.94. The van der Waals surface area contributed by atoms with Crippen molar-refractivity contribution in [3.8, 4) is 0 Å². The number of imidazole rings is 1. The summed E-state index contributed by atoms with van der Waals surface area (Å²) in [5, 5.41) is 7.19. The van der Waals surface area contributed by atoms with Gasteiger partial charge >= 0.3 is 109 Å². The van der Waals surface area contributed by atoms with Crippen molar-refractivity contribution in [2.75, 3.05) is 0 Å². The van der Waals surface area contributed by atoms with E-state index in [9.17, 15) is 3.83 Å². The van der Waals surface area contributed by atoms with Crippen molar-refractivity contribution < 1.29 is 13.7 Å². The Kier molecular flexibility index (Phi) is 4.81. The van der Waals surface area contributed by atoms with E-state index in [0.717, 1.165) is 20.0 Å². The number of carbonyl (C=O) groups is 1. The van der Waals surface area contributed by atoms with Gasteiger partial charge in [0.1, 0.15) is 0 Å². The van der Waals surface area contributed by atoms with Crippen molar-refractivity contribution >= 4 is 39.9 Å². The molecule has 6 nitrogen and oxygen atoms in total. The summed E-state index contributed by atoms with van der Waals surface area (Å²) in [6.45, 7) is 0. The number of carboxylic acid groups (broad SMARTS) is 1. The molecule has 0 fully saturated rings. The normalized spacial score (nSPS) is 11.4. The van der Waals surface area contributed by atoms with Crippen LogP contribution in [0.1, 0.15) is 0 Å². The summed E-state index contributed by atoms with van der Waals surface area (Å²) >= 11 is -2.16. The Balaban J connectivity index is 0.000000361. The molecule has 0 saturated carbocycles. The van der Waals surface area contributed by atoms with E-state index in [-0.39, 0.29) is 0 Å². The number of nitrogens with one attached hydrogen (secondary N) is 1. The van der Waals surface area contributed by atoms with Crippen LogP contribution in [0.3, 0.4) is 0 Å². The Bertz CT molecular complexity index is 767. The fourth-order valence-corrected chi connectivity index (χ4v) is 3.99. The van der Waals surface area contributed by atoms with Gasteiger partial charge in [0.25, 0.3) is 0 Å². The number of hydrogen-bond acceptors (Lipinski definition) is 3. The van der Waals surface area contributed by atoms with Gasteiger partial charge < -0.3 is 10.8 Å². The van der Waals surface area contributed by atoms with E-state index >= 15 is 0 Å². The molecule has 0 aliphatic heterocycles. The van der Waals surface area contributed by atoms with Crippen LogP contribution in [0.25, 0.3) is 11.0 Å². The molecule has 1 amide bonds. The molecular formula is C14H13N3O3Se. The van der Waals surface area contributed by atoms with Gasteiger partial charge in [0.05, 0.1) is 0 Å². The van der Waals surface area contributed by atoms with Gasteiger partial charge in [-0.25, -0.2) is 4.79 Å². The van der Waals surface area contributed by atoms with E-state index < -0.39 is 19.9 Å². The van der Waals surface area contributed by atoms with Gasteiger partial charge in [-0.15, -0.1) is 0 Å². The molecule has 3 rings (SSSR count). The number of primary amides is 1. The van der Waals surface area contributed by atoms with Crippen molar-refractivity contribution in [3.05, 3.63) is 54.9 Å². The van der Waals surface area contributed by atoms with Crippen molar-refractivity contribution in [3.63, 3.8) is 0 Å². The van der Waals surface area contributed by atoms with Crippen molar-refractivity contribution in [1.29, 1.82) is 0 Å². The van der Waals surface area contributed by atoms with Gasteiger partial charge in [0.2, 0.25) is 0 Å². The molecule has 108 valence electrons. The number of nitrogens with zero attached hydrogens (tertiary/aromatic N) is 1. The SMILES string of the molecule is NC(=O)O.O=[Se](c1ccccc1)c1ccc2[nH]cnc2c1. The number of benzene rings is 2. The molecule has 0 aliphatic carbocycles. The number of hydrogen-bond donors (Lipinski definition) is 3. The number of aromatic amines is 1. The first-order valence-corrected chi connectivity index (χ1v) is 8.37. The van der Waals surface area contributed by atoms with E-state index in [2.05, 4.69) is 15.7 Å². The van der Waals surface area contributed by atoms with E-state index in [1.807, 2.05) is 48.5 Å². The van der Waals surface area contributed by atoms with Crippen LogP contribution >= 0.6 is 0 Å². The minimum absolute atomic E-state index is 0.864. The van der Waals surface area contributed by atoms with Crippen LogP contribution in [0.2, 0.25) is 0 Å². The second kappa shape index (κ2) is 6.78. The topological polar surface area (TPSA) is 109 Å². The van der Waals surface area contributed by atoms with Gasteiger partial charge in [-0.05, 0) is 0 Å². The summed E-state index contributed by atoms with van der Waals surface area (Å²) in [4.78, 5) is 16.0. The van der Waals surface area contributed by atoms with Gasteiger partial charge in [-0.1, -0.05) is 0 Å². The second-order valence-corrected chi connectivity index (χ2v) is 7.11. The molecule has 4 N–H and O–H groups in total. The molecule has 2 aromatic carbocycles. The molecule has 0 aliphatic rings. The summed E-state index contributed by atoms with van der Waals surface area (Å²) in [6, 6.07) is 15.3. The first-order valence-electron chi connectivity index (χ1n) is 5.96. The monoisotopic (exact) mass is 351 g/mol. The van der Waals surface area contributed by atoms with Gasteiger partial charge in [-0.2, -0.15) is 0 Å². The Morgan fingerprint density at radius 3 is 2.48 bits per heavy atom. The Morgan fingerprint density at radius 2 is 1.81 bits per heavy atom. The maximum absolute atomic E-state index is 12.4. The predicted octanol–water partition coefficient (Wildman–Crippen LogP) is 0.722. The van der Waals surface area contributed by atoms with Crippen LogP contribution < -0.4 is 14.7 Å². The number of fused-ring (bicyclic) bond motifs is 1. The predicted molar refractivity (Wildman–Crippen MR) is 80.5 cm³/mol. The van der Waals surface area contributed by atoms with Gasteiger partial charge in [0, 0.05) is 0 Å². The van der Waals surface area contributed by atoms with Crippen LogP contribution in [-0.4, -0.2) is 35.0 Å². The quantitative estimate of drug-likeness (QED) is 0.592. The summed E-state index contributed by atoms with van der Waals surface area (Å²) in [7, 11) is 0. The third-order valence-corrected chi connectivity index (χ3v) is 5.46. The number of rotatable bonds is 2. The molecule has 1 heterocycles. The fourth-order valence-electron chi connectivity index (χ4n) is 1.71. The third kappa shape index (κ3) is 3.98. The first kappa shape index (κ1) is 14.9. The van der Waals surface area contributed by atoms with Crippen LogP contribution in [0.4, 0.5) is 4.79 Å².